The number of amides is 2. The third-order valence-corrected chi connectivity index (χ3v) is 4.32. The molecular weight excluding hydrogens is 330 g/mol. The van der Waals surface area contributed by atoms with Gasteiger partial charge in [-0.25, -0.2) is 10.3 Å². The minimum absolute atomic E-state index is 0.266. The number of hydroxylamine groups is 1. The fourth-order valence-corrected chi connectivity index (χ4v) is 2.81. The number of nitrogens with zero attached hydrogens (tertiary/aromatic N) is 2. The molecule has 6 nitrogen and oxygen atoms in total. The number of hydrogen-bond donors (Lipinski definition) is 1. The Balaban J connectivity index is 1.44. The van der Waals surface area contributed by atoms with Gasteiger partial charge in [0, 0.05) is 32.4 Å². The summed E-state index contributed by atoms with van der Waals surface area (Å²) < 4.78 is 5.38. The van der Waals surface area contributed by atoms with E-state index >= 15 is 0 Å². The quantitative estimate of drug-likeness (QED) is 0.810. The number of benzene rings is 2. The molecular formula is C20H25N3O3. The minimum atomic E-state index is -0.266. The molecule has 138 valence electrons. The molecule has 0 aliphatic carbocycles. The van der Waals surface area contributed by atoms with Crippen LogP contribution in [0.15, 0.2) is 54.6 Å². The molecule has 1 N–H and O–H groups in total. The predicted octanol–water partition coefficient (Wildman–Crippen LogP) is 2.80. The highest BCUT2D eigenvalue weighted by atomic mass is 16.7. The van der Waals surface area contributed by atoms with Gasteiger partial charge in [0.2, 0.25) is 0 Å². The number of urea groups is 1. The maximum Gasteiger partial charge on any atom is 0.341 e. The summed E-state index contributed by atoms with van der Waals surface area (Å²) in [5.41, 5.74) is 5.75. The normalized spacial score (nSPS) is 14.1. The van der Waals surface area contributed by atoms with Gasteiger partial charge < -0.3 is 14.5 Å². The Morgan fingerprint density at radius 3 is 2.46 bits per heavy atom. The molecule has 0 spiro atoms. The number of anilines is 1. The smallest absolute Gasteiger partial charge is 0.341 e. The van der Waals surface area contributed by atoms with Crippen LogP contribution in [0.3, 0.4) is 0 Å². The van der Waals surface area contributed by atoms with Crippen molar-refractivity contribution in [3.63, 3.8) is 0 Å². The average molecular weight is 355 g/mol. The van der Waals surface area contributed by atoms with Crippen LogP contribution in [-0.2, 0) is 22.7 Å². The van der Waals surface area contributed by atoms with Crippen molar-refractivity contribution in [1.82, 2.24) is 10.4 Å². The van der Waals surface area contributed by atoms with Crippen molar-refractivity contribution in [2.75, 3.05) is 38.3 Å². The Morgan fingerprint density at radius 1 is 1.08 bits per heavy atom. The standard InChI is InChI=1S/C20H25N3O3/c1-22(20(24)21-26-16-18-5-3-2-4-6-18)15-17-7-9-19(10-8-17)23-11-13-25-14-12-23/h2-10H,11-16H2,1H3,(H,21,24). The van der Waals surface area contributed by atoms with Gasteiger partial charge in [0.25, 0.3) is 0 Å². The third kappa shape index (κ3) is 5.21. The Kier molecular flexibility index (Phi) is 6.46. The molecule has 0 saturated carbocycles. The molecule has 2 aromatic rings. The summed E-state index contributed by atoms with van der Waals surface area (Å²) in [5.74, 6) is 0. The van der Waals surface area contributed by atoms with Gasteiger partial charge in [-0.3, -0.25) is 4.84 Å². The number of rotatable bonds is 6. The fourth-order valence-electron chi connectivity index (χ4n) is 2.81. The molecule has 0 bridgehead atoms. The molecule has 1 saturated heterocycles. The van der Waals surface area contributed by atoms with E-state index in [2.05, 4.69) is 34.6 Å². The lowest BCUT2D eigenvalue weighted by Gasteiger charge is -2.29. The van der Waals surface area contributed by atoms with Crippen LogP contribution in [0.4, 0.5) is 10.5 Å². The summed E-state index contributed by atoms with van der Waals surface area (Å²) in [4.78, 5) is 21.3. The SMILES string of the molecule is CN(Cc1ccc(N2CCOCC2)cc1)C(=O)NOCc1ccccc1. The lowest BCUT2D eigenvalue weighted by atomic mass is 10.2. The lowest BCUT2D eigenvalue weighted by molar-refractivity contribution is 0.0382. The first-order valence-corrected chi connectivity index (χ1v) is 8.81. The van der Waals surface area contributed by atoms with Gasteiger partial charge in [-0.2, -0.15) is 0 Å². The Hall–Kier alpha value is -2.57. The Labute approximate surface area is 154 Å². The first kappa shape index (κ1) is 18.2. The molecule has 1 aliphatic heterocycles. The van der Waals surface area contributed by atoms with Crippen LogP contribution in [0.25, 0.3) is 0 Å². The molecule has 1 fully saturated rings. The second-order valence-electron chi connectivity index (χ2n) is 6.30. The summed E-state index contributed by atoms with van der Waals surface area (Å²) in [6.45, 7) is 4.24. The van der Waals surface area contributed by atoms with Crippen molar-refractivity contribution in [3.8, 4) is 0 Å². The molecule has 0 radical (unpaired) electrons. The van der Waals surface area contributed by atoms with Crippen molar-refractivity contribution < 1.29 is 14.4 Å². The van der Waals surface area contributed by atoms with E-state index in [0.29, 0.717) is 13.2 Å². The lowest BCUT2D eigenvalue weighted by Crippen LogP contribution is -2.37. The van der Waals surface area contributed by atoms with E-state index in [4.69, 9.17) is 9.57 Å². The van der Waals surface area contributed by atoms with Crippen molar-refractivity contribution in [1.29, 1.82) is 0 Å². The van der Waals surface area contributed by atoms with E-state index in [1.807, 2.05) is 30.3 Å². The van der Waals surface area contributed by atoms with Crippen molar-refractivity contribution >= 4 is 11.7 Å². The first-order chi connectivity index (χ1) is 12.7. The molecule has 2 aromatic carbocycles. The number of morpholine rings is 1. The highest BCUT2D eigenvalue weighted by molar-refractivity contribution is 5.72. The molecule has 26 heavy (non-hydrogen) atoms. The van der Waals surface area contributed by atoms with E-state index in [-0.39, 0.29) is 6.03 Å². The van der Waals surface area contributed by atoms with Crippen LogP contribution in [0.2, 0.25) is 0 Å². The molecule has 3 rings (SSSR count). The van der Waals surface area contributed by atoms with Crippen molar-refractivity contribution in [2.24, 2.45) is 0 Å². The second-order valence-corrected chi connectivity index (χ2v) is 6.30. The van der Waals surface area contributed by atoms with Crippen LogP contribution in [0, 0.1) is 0 Å². The van der Waals surface area contributed by atoms with E-state index in [9.17, 15) is 4.79 Å². The van der Waals surface area contributed by atoms with E-state index in [0.717, 1.165) is 37.4 Å². The summed E-state index contributed by atoms with van der Waals surface area (Å²) in [6, 6.07) is 17.8. The van der Waals surface area contributed by atoms with Gasteiger partial charge in [-0.1, -0.05) is 42.5 Å². The first-order valence-electron chi connectivity index (χ1n) is 8.81. The summed E-state index contributed by atoms with van der Waals surface area (Å²) in [5, 5.41) is 0. The molecule has 0 unspecified atom stereocenters. The van der Waals surface area contributed by atoms with E-state index in [1.165, 1.54) is 5.69 Å². The third-order valence-electron chi connectivity index (χ3n) is 4.32. The zero-order chi connectivity index (χ0) is 18.2. The number of ether oxygens (including phenoxy) is 1. The molecule has 1 heterocycles. The largest absolute Gasteiger partial charge is 0.378 e. The van der Waals surface area contributed by atoms with Crippen LogP contribution in [0.5, 0.6) is 0 Å². The summed E-state index contributed by atoms with van der Waals surface area (Å²) in [6.07, 6.45) is 0. The fraction of sp³-hybridized carbons (Fsp3) is 0.350. The zero-order valence-electron chi connectivity index (χ0n) is 15.1. The van der Waals surface area contributed by atoms with Gasteiger partial charge in [-0.05, 0) is 23.3 Å². The van der Waals surface area contributed by atoms with Crippen LogP contribution < -0.4 is 10.4 Å². The van der Waals surface area contributed by atoms with Crippen LogP contribution in [0.1, 0.15) is 11.1 Å². The van der Waals surface area contributed by atoms with Gasteiger partial charge in [0.05, 0.1) is 19.8 Å². The molecule has 0 aromatic heterocycles. The van der Waals surface area contributed by atoms with Gasteiger partial charge in [0.1, 0.15) is 0 Å². The highest BCUT2D eigenvalue weighted by Gasteiger charge is 2.12. The average Bonchev–Trinajstić information content (AvgIpc) is 2.70. The number of nitrogens with one attached hydrogen (secondary N) is 1. The number of carbonyl (C=O) groups is 1. The van der Waals surface area contributed by atoms with Gasteiger partial charge >= 0.3 is 6.03 Å². The zero-order valence-corrected chi connectivity index (χ0v) is 15.1. The maximum atomic E-state index is 12.1. The monoisotopic (exact) mass is 355 g/mol. The minimum Gasteiger partial charge on any atom is -0.378 e. The highest BCUT2D eigenvalue weighted by Crippen LogP contribution is 2.17. The molecule has 0 atom stereocenters. The van der Waals surface area contributed by atoms with Crippen LogP contribution >= 0.6 is 0 Å². The van der Waals surface area contributed by atoms with Crippen LogP contribution in [-0.4, -0.2) is 44.3 Å². The van der Waals surface area contributed by atoms with E-state index in [1.54, 1.807) is 11.9 Å². The summed E-state index contributed by atoms with van der Waals surface area (Å²) >= 11 is 0. The number of hydrogen-bond acceptors (Lipinski definition) is 4. The second kappa shape index (κ2) is 9.22. The molecule has 2 amide bonds. The topological polar surface area (TPSA) is 54.0 Å². The summed E-state index contributed by atoms with van der Waals surface area (Å²) in [7, 11) is 1.75. The van der Waals surface area contributed by atoms with Crippen molar-refractivity contribution in [3.05, 3.63) is 65.7 Å². The Bertz CT molecular complexity index is 685. The molecule has 1 aliphatic rings. The predicted molar refractivity (Wildman–Crippen MR) is 101 cm³/mol. The molecule has 6 heteroatoms. The van der Waals surface area contributed by atoms with Crippen molar-refractivity contribution in [2.45, 2.75) is 13.2 Å². The number of carbonyl (C=O) groups excluding carboxylic acids is 1. The van der Waals surface area contributed by atoms with Gasteiger partial charge in [0.15, 0.2) is 0 Å². The van der Waals surface area contributed by atoms with E-state index < -0.39 is 0 Å². The maximum absolute atomic E-state index is 12.1. The Morgan fingerprint density at radius 2 is 1.77 bits per heavy atom. The van der Waals surface area contributed by atoms with Gasteiger partial charge in [-0.15, -0.1) is 0 Å².